The predicted octanol–water partition coefficient (Wildman–Crippen LogP) is 5.59. The van der Waals surface area contributed by atoms with Gasteiger partial charge in [0.2, 0.25) is 0 Å². The molecule has 4 rings (SSSR count). The molecule has 0 amide bonds. The third kappa shape index (κ3) is 6.07. The van der Waals surface area contributed by atoms with E-state index in [0.717, 1.165) is 25.3 Å². The molecule has 0 spiro atoms. The second-order valence-corrected chi connectivity index (χ2v) is 8.62. The Hall–Kier alpha value is -1.84. The van der Waals surface area contributed by atoms with E-state index in [4.69, 9.17) is 4.74 Å². The van der Waals surface area contributed by atoms with Crippen LogP contribution in [-0.2, 0) is 6.54 Å². The van der Waals surface area contributed by atoms with E-state index in [1.54, 1.807) is 0 Å². The Balaban J connectivity index is 1.30. The van der Waals surface area contributed by atoms with Gasteiger partial charge in [-0.25, -0.2) is 0 Å². The number of nitrogens with zero attached hydrogens (tertiary/aromatic N) is 2. The van der Waals surface area contributed by atoms with Crippen LogP contribution < -0.4 is 4.74 Å². The molecule has 2 saturated heterocycles. The first kappa shape index (κ1) is 20.4. The summed E-state index contributed by atoms with van der Waals surface area (Å²) in [6.45, 7) is 8.04. The fraction of sp³-hybridized carbons (Fsp3) is 0.538. The van der Waals surface area contributed by atoms with Crippen LogP contribution in [0.15, 0.2) is 48.5 Å². The molecule has 0 aliphatic carbocycles. The SMILES string of the molecule is c1ccc(-c2ccc(OCCCN3CCCCC3)cc2)c(CN2CCCCC2)c1. The molecule has 29 heavy (non-hydrogen) atoms. The molecule has 2 aromatic carbocycles. The molecule has 0 saturated carbocycles. The van der Waals surface area contributed by atoms with E-state index in [9.17, 15) is 0 Å². The van der Waals surface area contributed by atoms with Gasteiger partial charge in [-0.2, -0.15) is 0 Å². The average Bonchev–Trinajstić information content (AvgIpc) is 2.79. The molecule has 3 heteroatoms. The van der Waals surface area contributed by atoms with E-state index in [2.05, 4.69) is 58.3 Å². The van der Waals surface area contributed by atoms with Gasteiger partial charge in [-0.15, -0.1) is 0 Å². The summed E-state index contributed by atoms with van der Waals surface area (Å²) in [6.07, 6.45) is 9.31. The van der Waals surface area contributed by atoms with Crippen LogP contribution in [0.2, 0.25) is 0 Å². The van der Waals surface area contributed by atoms with Crippen molar-refractivity contribution in [3.8, 4) is 16.9 Å². The quantitative estimate of drug-likeness (QED) is 0.544. The van der Waals surface area contributed by atoms with Gasteiger partial charge in [-0.1, -0.05) is 49.2 Å². The monoisotopic (exact) mass is 392 g/mol. The predicted molar refractivity (Wildman–Crippen MR) is 121 cm³/mol. The maximum Gasteiger partial charge on any atom is 0.119 e. The lowest BCUT2D eigenvalue weighted by atomic mass is 9.98. The largest absolute Gasteiger partial charge is 0.494 e. The third-order valence-electron chi connectivity index (χ3n) is 6.36. The van der Waals surface area contributed by atoms with E-state index in [0.29, 0.717) is 0 Å². The molecule has 2 aromatic rings. The minimum atomic E-state index is 0.807. The zero-order chi connectivity index (χ0) is 19.7. The van der Waals surface area contributed by atoms with Crippen molar-refractivity contribution in [3.63, 3.8) is 0 Å². The first-order valence-electron chi connectivity index (χ1n) is 11.6. The molecule has 0 bridgehead atoms. The van der Waals surface area contributed by atoms with Crippen molar-refractivity contribution < 1.29 is 4.74 Å². The van der Waals surface area contributed by atoms with Gasteiger partial charge in [0.05, 0.1) is 6.61 Å². The van der Waals surface area contributed by atoms with Crippen molar-refractivity contribution >= 4 is 0 Å². The average molecular weight is 393 g/mol. The summed E-state index contributed by atoms with van der Waals surface area (Å²) in [5, 5.41) is 0. The van der Waals surface area contributed by atoms with E-state index in [1.807, 2.05) is 0 Å². The molecule has 3 nitrogen and oxygen atoms in total. The van der Waals surface area contributed by atoms with Gasteiger partial charge in [0.1, 0.15) is 5.75 Å². The Kier molecular flexibility index (Phi) is 7.61. The van der Waals surface area contributed by atoms with E-state index >= 15 is 0 Å². The van der Waals surface area contributed by atoms with Crippen LogP contribution in [0, 0.1) is 0 Å². The highest BCUT2D eigenvalue weighted by atomic mass is 16.5. The third-order valence-corrected chi connectivity index (χ3v) is 6.36. The Morgan fingerprint density at radius 3 is 2.07 bits per heavy atom. The van der Waals surface area contributed by atoms with Gasteiger partial charge in [0.25, 0.3) is 0 Å². The molecular formula is C26H36N2O. The minimum absolute atomic E-state index is 0.807. The standard InChI is InChI=1S/C26H36N2O/c1-5-16-27(17-6-1)20-9-21-29-25-14-12-23(13-15-25)26-11-4-3-10-24(26)22-28-18-7-2-8-19-28/h3-4,10-15H,1-2,5-9,16-22H2. The van der Waals surface area contributed by atoms with Crippen molar-refractivity contribution in [1.82, 2.24) is 9.80 Å². The number of rotatable bonds is 8. The summed E-state index contributed by atoms with van der Waals surface area (Å²) < 4.78 is 6.00. The summed E-state index contributed by atoms with van der Waals surface area (Å²) in [5.41, 5.74) is 4.08. The van der Waals surface area contributed by atoms with Gasteiger partial charge in [-0.3, -0.25) is 4.90 Å². The van der Waals surface area contributed by atoms with Crippen LogP contribution >= 0.6 is 0 Å². The zero-order valence-corrected chi connectivity index (χ0v) is 17.8. The molecule has 2 aliphatic heterocycles. The van der Waals surface area contributed by atoms with Crippen LogP contribution in [0.5, 0.6) is 5.75 Å². The van der Waals surface area contributed by atoms with Crippen molar-refractivity contribution in [2.75, 3.05) is 39.3 Å². The summed E-state index contributed by atoms with van der Waals surface area (Å²) in [5.74, 6) is 0.987. The Morgan fingerprint density at radius 2 is 1.34 bits per heavy atom. The number of ether oxygens (including phenoxy) is 1. The highest BCUT2D eigenvalue weighted by Gasteiger charge is 2.13. The number of benzene rings is 2. The number of hydrogen-bond donors (Lipinski definition) is 0. The maximum atomic E-state index is 6.00. The van der Waals surface area contributed by atoms with Crippen molar-refractivity contribution in [2.24, 2.45) is 0 Å². The topological polar surface area (TPSA) is 15.7 Å². The Labute approximate surface area is 176 Å². The molecule has 0 radical (unpaired) electrons. The van der Waals surface area contributed by atoms with E-state index in [1.165, 1.54) is 87.9 Å². The van der Waals surface area contributed by atoms with E-state index < -0.39 is 0 Å². The first-order chi connectivity index (χ1) is 14.4. The second-order valence-electron chi connectivity index (χ2n) is 8.62. The number of hydrogen-bond acceptors (Lipinski definition) is 3. The molecule has 0 N–H and O–H groups in total. The summed E-state index contributed by atoms with van der Waals surface area (Å²) >= 11 is 0. The summed E-state index contributed by atoms with van der Waals surface area (Å²) in [7, 11) is 0. The molecule has 0 aromatic heterocycles. The van der Waals surface area contributed by atoms with Gasteiger partial charge in [0, 0.05) is 13.1 Å². The molecule has 2 heterocycles. The second kappa shape index (κ2) is 10.8. The Morgan fingerprint density at radius 1 is 0.690 bits per heavy atom. The normalized spacial score (nSPS) is 18.6. The van der Waals surface area contributed by atoms with Crippen LogP contribution in [0.3, 0.4) is 0 Å². The molecule has 0 unspecified atom stereocenters. The van der Waals surface area contributed by atoms with Crippen molar-refractivity contribution in [1.29, 1.82) is 0 Å². The van der Waals surface area contributed by atoms with Gasteiger partial charge < -0.3 is 9.64 Å². The van der Waals surface area contributed by atoms with Crippen LogP contribution in [0.25, 0.3) is 11.1 Å². The highest BCUT2D eigenvalue weighted by Crippen LogP contribution is 2.27. The number of piperidine rings is 2. The van der Waals surface area contributed by atoms with Crippen LogP contribution in [-0.4, -0.2) is 49.1 Å². The summed E-state index contributed by atoms with van der Waals surface area (Å²) in [4.78, 5) is 5.18. The van der Waals surface area contributed by atoms with Gasteiger partial charge in [0.15, 0.2) is 0 Å². The van der Waals surface area contributed by atoms with Crippen molar-refractivity contribution in [2.45, 2.75) is 51.5 Å². The smallest absolute Gasteiger partial charge is 0.119 e. The fourth-order valence-electron chi connectivity index (χ4n) is 4.69. The maximum absolute atomic E-state index is 6.00. The molecule has 2 aliphatic rings. The molecular weight excluding hydrogens is 356 g/mol. The van der Waals surface area contributed by atoms with Crippen LogP contribution in [0.4, 0.5) is 0 Å². The Bertz CT molecular complexity index is 731. The molecule has 2 fully saturated rings. The highest BCUT2D eigenvalue weighted by molar-refractivity contribution is 5.68. The lowest BCUT2D eigenvalue weighted by Gasteiger charge is -2.27. The molecule has 156 valence electrons. The van der Waals surface area contributed by atoms with Crippen LogP contribution in [0.1, 0.15) is 50.5 Å². The van der Waals surface area contributed by atoms with Gasteiger partial charge >= 0.3 is 0 Å². The number of likely N-dealkylation sites (tertiary alicyclic amines) is 2. The lowest BCUT2D eigenvalue weighted by Crippen LogP contribution is -2.31. The zero-order valence-electron chi connectivity index (χ0n) is 17.8. The first-order valence-corrected chi connectivity index (χ1v) is 11.6. The summed E-state index contributed by atoms with van der Waals surface area (Å²) in [6, 6.07) is 17.6. The van der Waals surface area contributed by atoms with Crippen molar-refractivity contribution in [3.05, 3.63) is 54.1 Å². The molecule has 0 atom stereocenters. The van der Waals surface area contributed by atoms with E-state index in [-0.39, 0.29) is 0 Å². The minimum Gasteiger partial charge on any atom is -0.494 e. The van der Waals surface area contributed by atoms with Gasteiger partial charge in [-0.05, 0) is 87.1 Å². The fourth-order valence-corrected chi connectivity index (χ4v) is 4.69. The lowest BCUT2D eigenvalue weighted by molar-refractivity contribution is 0.205.